The fourth-order valence-corrected chi connectivity index (χ4v) is 2.54. The van der Waals surface area contributed by atoms with Gasteiger partial charge in [-0.2, -0.15) is 5.10 Å². The normalized spacial score (nSPS) is 18.8. The van der Waals surface area contributed by atoms with Gasteiger partial charge >= 0.3 is 0 Å². The van der Waals surface area contributed by atoms with E-state index in [2.05, 4.69) is 10.4 Å². The van der Waals surface area contributed by atoms with Crippen LogP contribution < -0.4 is 5.32 Å². The van der Waals surface area contributed by atoms with E-state index in [1.165, 1.54) is 10.7 Å². The van der Waals surface area contributed by atoms with E-state index in [0.717, 1.165) is 6.54 Å². The lowest BCUT2D eigenvalue weighted by Crippen LogP contribution is -2.51. The molecule has 2 heterocycles. The Morgan fingerprint density at radius 1 is 1.48 bits per heavy atom. The number of aromatic nitrogens is 2. The van der Waals surface area contributed by atoms with Crippen LogP contribution in [-0.2, 0) is 0 Å². The fraction of sp³-hybridized carbons (Fsp3) is 0.333. The molecule has 1 aromatic heterocycles. The van der Waals surface area contributed by atoms with E-state index < -0.39 is 5.82 Å². The summed E-state index contributed by atoms with van der Waals surface area (Å²) in [6, 6.07) is 6.50. The molecule has 1 aliphatic heterocycles. The van der Waals surface area contributed by atoms with Crippen molar-refractivity contribution < 1.29 is 9.18 Å². The van der Waals surface area contributed by atoms with Crippen LogP contribution in [0.15, 0.2) is 36.7 Å². The van der Waals surface area contributed by atoms with E-state index in [0.29, 0.717) is 24.3 Å². The first kappa shape index (κ1) is 13.8. The number of hydrogen-bond donors (Lipinski definition) is 1. The molecule has 1 aliphatic rings. The van der Waals surface area contributed by atoms with Gasteiger partial charge in [0.25, 0.3) is 5.91 Å². The number of piperazine rings is 1. The van der Waals surface area contributed by atoms with Crippen molar-refractivity contribution in [2.24, 2.45) is 0 Å². The van der Waals surface area contributed by atoms with Gasteiger partial charge < -0.3 is 10.2 Å². The molecular formula is C15H17FN4O. The highest BCUT2D eigenvalue weighted by atomic mass is 19.1. The molecule has 1 aromatic carbocycles. The Bertz CT molecular complexity index is 641. The SMILES string of the molecule is C[C@@H]1CN(C(=O)c2ccc(-n3cccn3)c(F)c2)CCN1. The molecule has 1 fully saturated rings. The zero-order valence-electron chi connectivity index (χ0n) is 11.8. The summed E-state index contributed by atoms with van der Waals surface area (Å²) in [6.45, 7) is 4.08. The van der Waals surface area contributed by atoms with Crippen LogP contribution in [0, 0.1) is 5.82 Å². The molecule has 0 aliphatic carbocycles. The summed E-state index contributed by atoms with van der Waals surface area (Å²) >= 11 is 0. The second kappa shape index (κ2) is 5.65. The van der Waals surface area contributed by atoms with Crippen molar-refractivity contribution in [1.29, 1.82) is 0 Å². The molecule has 1 atom stereocenters. The van der Waals surface area contributed by atoms with Crippen molar-refractivity contribution in [1.82, 2.24) is 20.0 Å². The standard InChI is InChI=1S/C15H17FN4O/c1-11-10-19(8-6-17-11)15(21)12-3-4-14(13(16)9-12)20-7-2-5-18-20/h2-5,7,9,11,17H,6,8,10H2,1H3/t11-/m1/s1. The van der Waals surface area contributed by atoms with E-state index in [9.17, 15) is 9.18 Å². The Morgan fingerprint density at radius 3 is 3.00 bits per heavy atom. The number of halogens is 1. The van der Waals surface area contributed by atoms with Crippen LogP contribution in [0.25, 0.3) is 5.69 Å². The zero-order chi connectivity index (χ0) is 14.8. The Hall–Kier alpha value is -2.21. The largest absolute Gasteiger partial charge is 0.336 e. The molecule has 1 saturated heterocycles. The summed E-state index contributed by atoms with van der Waals surface area (Å²) in [5.41, 5.74) is 0.711. The first-order valence-electron chi connectivity index (χ1n) is 6.97. The van der Waals surface area contributed by atoms with E-state index in [1.807, 2.05) is 6.92 Å². The maximum absolute atomic E-state index is 14.2. The molecule has 0 radical (unpaired) electrons. The van der Waals surface area contributed by atoms with Crippen LogP contribution in [0.4, 0.5) is 4.39 Å². The van der Waals surface area contributed by atoms with Crippen molar-refractivity contribution in [3.63, 3.8) is 0 Å². The van der Waals surface area contributed by atoms with Gasteiger partial charge in [-0.3, -0.25) is 4.79 Å². The number of carbonyl (C=O) groups is 1. The average molecular weight is 288 g/mol. The van der Waals surface area contributed by atoms with Crippen LogP contribution in [0.2, 0.25) is 0 Å². The summed E-state index contributed by atoms with van der Waals surface area (Å²) in [7, 11) is 0. The molecule has 0 spiro atoms. The third-order valence-electron chi connectivity index (χ3n) is 3.60. The molecular weight excluding hydrogens is 271 g/mol. The summed E-state index contributed by atoms with van der Waals surface area (Å²) in [5.74, 6) is -0.581. The highest BCUT2D eigenvalue weighted by Crippen LogP contribution is 2.16. The molecule has 1 N–H and O–H groups in total. The van der Waals surface area contributed by atoms with Crippen molar-refractivity contribution in [2.45, 2.75) is 13.0 Å². The number of amides is 1. The minimum Gasteiger partial charge on any atom is -0.336 e. The van der Waals surface area contributed by atoms with E-state index in [-0.39, 0.29) is 11.9 Å². The Kier molecular flexibility index (Phi) is 3.70. The molecule has 1 amide bonds. The van der Waals surface area contributed by atoms with Gasteiger partial charge in [0.1, 0.15) is 11.5 Å². The molecule has 6 heteroatoms. The van der Waals surface area contributed by atoms with Crippen LogP contribution in [0.3, 0.4) is 0 Å². The topological polar surface area (TPSA) is 50.2 Å². The van der Waals surface area contributed by atoms with Gasteiger partial charge in [-0.1, -0.05) is 0 Å². The second-order valence-corrected chi connectivity index (χ2v) is 5.22. The number of benzene rings is 1. The minimum atomic E-state index is -0.451. The molecule has 2 aromatic rings. The van der Waals surface area contributed by atoms with Gasteiger partial charge in [0.2, 0.25) is 0 Å². The number of rotatable bonds is 2. The van der Waals surface area contributed by atoms with Crippen LogP contribution in [0.5, 0.6) is 0 Å². The van der Waals surface area contributed by atoms with Crippen LogP contribution >= 0.6 is 0 Å². The predicted octanol–water partition coefficient (Wildman–Crippen LogP) is 1.45. The zero-order valence-corrected chi connectivity index (χ0v) is 11.8. The average Bonchev–Trinajstić information content (AvgIpc) is 3.00. The molecule has 3 rings (SSSR count). The first-order valence-corrected chi connectivity index (χ1v) is 6.97. The Morgan fingerprint density at radius 2 is 2.33 bits per heavy atom. The third-order valence-corrected chi connectivity index (χ3v) is 3.60. The Labute approximate surface area is 122 Å². The smallest absolute Gasteiger partial charge is 0.254 e. The van der Waals surface area contributed by atoms with Gasteiger partial charge in [0, 0.05) is 43.6 Å². The lowest BCUT2D eigenvalue weighted by molar-refractivity contribution is 0.0708. The van der Waals surface area contributed by atoms with Crippen molar-refractivity contribution in [2.75, 3.05) is 19.6 Å². The van der Waals surface area contributed by atoms with Crippen LogP contribution in [-0.4, -0.2) is 46.3 Å². The first-order chi connectivity index (χ1) is 10.1. The number of nitrogens with one attached hydrogen (secondary N) is 1. The molecule has 5 nitrogen and oxygen atoms in total. The number of nitrogens with zero attached hydrogens (tertiary/aromatic N) is 3. The number of carbonyl (C=O) groups excluding carboxylic acids is 1. The molecule has 110 valence electrons. The maximum atomic E-state index is 14.2. The second-order valence-electron chi connectivity index (χ2n) is 5.22. The Balaban J connectivity index is 1.83. The molecule has 0 bridgehead atoms. The minimum absolute atomic E-state index is 0.130. The van der Waals surface area contributed by atoms with Crippen LogP contribution in [0.1, 0.15) is 17.3 Å². The number of hydrogen-bond acceptors (Lipinski definition) is 3. The van der Waals surface area contributed by atoms with Crippen molar-refractivity contribution in [3.8, 4) is 5.69 Å². The predicted molar refractivity (Wildman–Crippen MR) is 76.9 cm³/mol. The van der Waals surface area contributed by atoms with Gasteiger partial charge in [0.15, 0.2) is 0 Å². The summed E-state index contributed by atoms with van der Waals surface area (Å²) in [5, 5.41) is 7.27. The highest BCUT2D eigenvalue weighted by Gasteiger charge is 2.22. The van der Waals surface area contributed by atoms with Gasteiger partial charge in [-0.15, -0.1) is 0 Å². The molecule has 0 saturated carbocycles. The summed E-state index contributed by atoms with van der Waals surface area (Å²) in [4.78, 5) is 14.2. The van der Waals surface area contributed by atoms with E-state index in [1.54, 1.807) is 35.5 Å². The quantitative estimate of drug-likeness (QED) is 0.910. The monoisotopic (exact) mass is 288 g/mol. The highest BCUT2D eigenvalue weighted by molar-refractivity contribution is 5.94. The lowest BCUT2D eigenvalue weighted by atomic mass is 10.1. The van der Waals surface area contributed by atoms with Gasteiger partial charge in [-0.25, -0.2) is 9.07 Å². The maximum Gasteiger partial charge on any atom is 0.254 e. The van der Waals surface area contributed by atoms with Gasteiger partial charge in [0.05, 0.1) is 0 Å². The van der Waals surface area contributed by atoms with Crippen molar-refractivity contribution >= 4 is 5.91 Å². The summed E-state index contributed by atoms with van der Waals surface area (Å²) < 4.78 is 15.6. The van der Waals surface area contributed by atoms with Gasteiger partial charge in [-0.05, 0) is 31.2 Å². The molecule has 21 heavy (non-hydrogen) atoms. The van der Waals surface area contributed by atoms with Crippen molar-refractivity contribution in [3.05, 3.63) is 48.0 Å². The third kappa shape index (κ3) is 2.80. The molecule has 0 unspecified atom stereocenters. The van der Waals surface area contributed by atoms with E-state index in [4.69, 9.17) is 0 Å². The fourth-order valence-electron chi connectivity index (χ4n) is 2.54. The van der Waals surface area contributed by atoms with E-state index >= 15 is 0 Å². The summed E-state index contributed by atoms with van der Waals surface area (Å²) in [6.07, 6.45) is 3.25. The lowest BCUT2D eigenvalue weighted by Gasteiger charge is -2.32.